The van der Waals surface area contributed by atoms with Gasteiger partial charge >= 0.3 is 0 Å². The largest absolute Gasteiger partial charge is 0.399 e. The first-order valence-corrected chi connectivity index (χ1v) is 7.72. The van der Waals surface area contributed by atoms with Crippen LogP contribution in [0, 0.1) is 0 Å². The van der Waals surface area contributed by atoms with E-state index in [2.05, 4.69) is 4.90 Å². The van der Waals surface area contributed by atoms with E-state index in [4.69, 9.17) is 5.73 Å². The van der Waals surface area contributed by atoms with Crippen molar-refractivity contribution in [1.29, 1.82) is 0 Å². The summed E-state index contributed by atoms with van der Waals surface area (Å²) in [7, 11) is -3.05. The summed E-state index contributed by atoms with van der Waals surface area (Å²) in [5.74, 6) is 0.172. The van der Waals surface area contributed by atoms with Crippen LogP contribution in [-0.4, -0.2) is 44.7 Å². The molecule has 1 saturated heterocycles. The van der Waals surface area contributed by atoms with Crippen LogP contribution >= 0.6 is 0 Å². The second kappa shape index (κ2) is 5.16. The Bertz CT molecular complexity index is 508. The molecule has 2 N–H and O–H groups in total. The Morgan fingerprint density at radius 3 is 2.44 bits per heavy atom. The Balaban J connectivity index is 2.03. The zero-order valence-corrected chi connectivity index (χ0v) is 11.4. The molecule has 1 aromatic carbocycles. The van der Waals surface area contributed by atoms with Gasteiger partial charge in [-0.15, -0.1) is 0 Å². The highest BCUT2D eigenvalue weighted by Crippen LogP contribution is 2.19. The molecule has 100 valence electrons. The van der Waals surface area contributed by atoms with E-state index in [1.165, 1.54) is 0 Å². The fourth-order valence-electron chi connectivity index (χ4n) is 2.13. The number of rotatable bonds is 3. The summed E-state index contributed by atoms with van der Waals surface area (Å²) in [5, 5.41) is 0. The van der Waals surface area contributed by atoms with Gasteiger partial charge in [0, 0.05) is 37.6 Å². The highest BCUT2D eigenvalue weighted by molar-refractivity contribution is 7.89. The van der Waals surface area contributed by atoms with E-state index < -0.39 is 10.0 Å². The van der Waals surface area contributed by atoms with Crippen LogP contribution in [0.25, 0.3) is 0 Å². The van der Waals surface area contributed by atoms with Crippen molar-refractivity contribution in [3.05, 3.63) is 24.3 Å². The number of anilines is 2. The van der Waals surface area contributed by atoms with Crippen LogP contribution in [0.3, 0.4) is 0 Å². The standard InChI is InChI=1S/C12H19N3O2S/c1-2-18(16,17)15-8-6-14(7-9-15)12-5-3-4-11(13)10-12/h3-5,10H,2,6-9,13H2,1H3. The molecule has 0 aliphatic carbocycles. The molecule has 0 radical (unpaired) electrons. The predicted molar refractivity (Wildman–Crippen MR) is 74.1 cm³/mol. The summed E-state index contributed by atoms with van der Waals surface area (Å²) >= 11 is 0. The van der Waals surface area contributed by atoms with Gasteiger partial charge in [-0.25, -0.2) is 8.42 Å². The lowest BCUT2D eigenvalue weighted by molar-refractivity contribution is 0.385. The van der Waals surface area contributed by atoms with Crippen molar-refractivity contribution in [3.8, 4) is 0 Å². The average molecular weight is 269 g/mol. The van der Waals surface area contributed by atoms with E-state index in [1.54, 1.807) is 11.2 Å². The second-order valence-corrected chi connectivity index (χ2v) is 6.64. The minimum absolute atomic E-state index is 0.172. The van der Waals surface area contributed by atoms with Gasteiger partial charge in [0.15, 0.2) is 0 Å². The van der Waals surface area contributed by atoms with E-state index in [0.717, 1.165) is 11.4 Å². The van der Waals surface area contributed by atoms with E-state index in [0.29, 0.717) is 26.2 Å². The van der Waals surface area contributed by atoms with Crippen molar-refractivity contribution in [2.45, 2.75) is 6.92 Å². The van der Waals surface area contributed by atoms with Crippen molar-refractivity contribution in [2.75, 3.05) is 42.6 Å². The fourth-order valence-corrected chi connectivity index (χ4v) is 3.21. The molecule has 1 fully saturated rings. The Labute approximate surface area is 108 Å². The first-order valence-electron chi connectivity index (χ1n) is 6.11. The zero-order chi connectivity index (χ0) is 13.2. The molecule has 18 heavy (non-hydrogen) atoms. The number of sulfonamides is 1. The minimum Gasteiger partial charge on any atom is -0.399 e. The summed E-state index contributed by atoms with van der Waals surface area (Å²) in [6.45, 7) is 4.20. The van der Waals surface area contributed by atoms with Crippen molar-refractivity contribution in [2.24, 2.45) is 0 Å². The number of piperazine rings is 1. The highest BCUT2D eigenvalue weighted by atomic mass is 32.2. The van der Waals surface area contributed by atoms with Gasteiger partial charge in [0.1, 0.15) is 0 Å². The summed E-state index contributed by atoms with van der Waals surface area (Å²) in [5.41, 5.74) is 7.54. The van der Waals surface area contributed by atoms with Crippen LogP contribution in [0.5, 0.6) is 0 Å². The number of benzene rings is 1. The lowest BCUT2D eigenvalue weighted by atomic mass is 10.2. The Hall–Kier alpha value is -1.27. The highest BCUT2D eigenvalue weighted by Gasteiger charge is 2.25. The first-order chi connectivity index (χ1) is 8.53. The quantitative estimate of drug-likeness (QED) is 0.822. The van der Waals surface area contributed by atoms with E-state index in [1.807, 2.05) is 24.3 Å². The van der Waals surface area contributed by atoms with Gasteiger partial charge in [-0.3, -0.25) is 0 Å². The maximum Gasteiger partial charge on any atom is 0.213 e. The Kier molecular flexibility index (Phi) is 3.77. The van der Waals surface area contributed by atoms with Gasteiger partial charge in [0.05, 0.1) is 5.75 Å². The van der Waals surface area contributed by atoms with Gasteiger partial charge in [-0.1, -0.05) is 6.07 Å². The summed E-state index contributed by atoms with van der Waals surface area (Å²) in [6, 6.07) is 7.69. The van der Waals surface area contributed by atoms with Gasteiger partial charge < -0.3 is 10.6 Å². The molecule has 0 spiro atoms. The third-order valence-corrected chi connectivity index (χ3v) is 5.11. The normalized spacial score (nSPS) is 17.9. The van der Waals surface area contributed by atoms with Crippen molar-refractivity contribution in [3.63, 3.8) is 0 Å². The third kappa shape index (κ3) is 2.76. The van der Waals surface area contributed by atoms with Gasteiger partial charge in [0.2, 0.25) is 10.0 Å². The molecule has 1 aliphatic rings. The molecule has 0 amide bonds. The van der Waals surface area contributed by atoms with Crippen LogP contribution in [0.15, 0.2) is 24.3 Å². The second-order valence-electron chi connectivity index (χ2n) is 4.38. The van der Waals surface area contributed by atoms with Crippen molar-refractivity contribution < 1.29 is 8.42 Å². The lowest BCUT2D eigenvalue weighted by Crippen LogP contribution is -2.49. The van der Waals surface area contributed by atoms with Gasteiger partial charge in [-0.05, 0) is 25.1 Å². The number of nitrogens with two attached hydrogens (primary N) is 1. The van der Waals surface area contributed by atoms with Crippen LogP contribution in [0.4, 0.5) is 11.4 Å². The molecule has 1 aliphatic heterocycles. The maximum atomic E-state index is 11.7. The molecule has 0 aromatic heterocycles. The Morgan fingerprint density at radius 2 is 1.89 bits per heavy atom. The zero-order valence-electron chi connectivity index (χ0n) is 10.5. The average Bonchev–Trinajstić information content (AvgIpc) is 2.39. The monoisotopic (exact) mass is 269 g/mol. The molecular formula is C12H19N3O2S. The molecule has 0 atom stereocenters. The first kappa shape index (κ1) is 13.2. The van der Waals surface area contributed by atoms with E-state index in [-0.39, 0.29) is 5.75 Å². The van der Waals surface area contributed by atoms with E-state index in [9.17, 15) is 8.42 Å². The molecule has 6 heteroatoms. The molecule has 5 nitrogen and oxygen atoms in total. The number of hydrogen-bond acceptors (Lipinski definition) is 4. The van der Waals surface area contributed by atoms with Crippen LogP contribution in [0.1, 0.15) is 6.92 Å². The molecule has 2 rings (SSSR count). The summed E-state index contributed by atoms with van der Waals surface area (Å²) < 4.78 is 25.0. The SMILES string of the molecule is CCS(=O)(=O)N1CCN(c2cccc(N)c2)CC1. The number of nitrogens with zero attached hydrogens (tertiary/aromatic N) is 2. The molecule has 1 aromatic rings. The third-order valence-electron chi connectivity index (χ3n) is 3.23. The van der Waals surface area contributed by atoms with Gasteiger partial charge in [-0.2, -0.15) is 4.31 Å². The topological polar surface area (TPSA) is 66.6 Å². The van der Waals surface area contributed by atoms with Gasteiger partial charge in [0.25, 0.3) is 0 Å². The molecule has 0 bridgehead atoms. The van der Waals surface area contributed by atoms with Crippen molar-refractivity contribution >= 4 is 21.4 Å². The minimum atomic E-state index is -3.05. The smallest absolute Gasteiger partial charge is 0.213 e. The Morgan fingerprint density at radius 1 is 1.22 bits per heavy atom. The molecular weight excluding hydrogens is 250 g/mol. The van der Waals surface area contributed by atoms with Crippen LogP contribution < -0.4 is 10.6 Å². The van der Waals surface area contributed by atoms with Crippen LogP contribution in [0.2, 0.25) is 0 Å². The molecule has 0 unspecified atom stereocenters. The van der Waals surface area contributed by atoms with Crippen molar-refractivity contribution in [1.82, 2.24) is 4.31 Å². The maximum absolute atomic E-state index is 11.7. The number of nitrogen functional groups attached to an aromatic ring is 1. The summed E-state index contributed by atoms with van der Waals surface area (Å²) in [4.78, 5) is 2.16. The summed E-state index contributed by atoms with van der Waals surface area (Å²) in [6.07, 6.45) is 0. The fraction of sp³-hybridized carbons (Fsp3) is 0.500. The molecule has 0 saturated carbocycles. The predicted octanol–water partition coefficient (Wildman–Crippen LogP) is 0.741. The molecule has 1 heterocycles. The van der Waals surface area contributed by atoms with E-state index >= 15 is 0 Å². The lowest BCUT2D eigenvalue weighted by Gasteiger charge is -2.35. The van der Waals surface area contributed by atoms with Crippen LogP contribution in [-0.2, 0) is 10.0 Å². The number of hydrogen-bond donors (Lipinski definition) is 1.